The molecule has 0 unspecified atom stereocenters. The highest BCUT2D eigenvalue weighted by atomic mass is 16.3. The first-order chi connectivity index (χ1) is 33.5. The zero-order valence-corrected chi connectivity index (χ0v) is 25.0. The van der Waals surface area contributed by atoms with E-state index in [-0.39, 0.29) is 60.3 Å². The standard InChI is InChI=1S/C48H30O/c1-3-13-31(14-4-1)35-27-28-42-44(30-35)49-48(36-26-25-33-24-23-32-15-7-8-18-37(32)43(33)29-36)47(42)46-40-21-11-9-19-38(40)45(34-16-5-2-6-17-34)39-20-10-12-22-41(39)46/h1-30H/i1D,3D,4D,7D,8D,9D,10D,11D,12D,13D,14D,15D,18D,19D,20D,21D,22D,23D,24D,25D,26D,29D. The van der Waals surface area contributed by atoms with Crippen molar-refractivity contribution in [3.8, 4) is 44.7 Å². The van der Waals surface area contributed by atoms with Crippen LogP contribution in [0.25, 0.3) is 98.8 Å². The van der Waals surface area contributed by atoms with Crippen molar-refractivity contribution >= 4 is 54.1 Å². The highest BCUT2D eigenvalue weighted by molar-refractivity contribution is 6.25. The van der Waals surface area contributed by atoms with Gasteiger partial charge in [0.05, 0.1) is 30.2 Å². The van der Waals surface area contributed by atoms with E-state index in [1.807, 2.05) is 0 Å². The van der Waals surface area contributed by atoms with Gasteiger partial charge in [-0.3, -0.25) is 0 Å². The molecule has 0 saturated carbocycles. The van der Waals surface area contributed by atoms with Crippen LogP contribution in [0.5, 0.6) is 0 Å². The van der Waals surface area contributed by atoms with Gasteiger partial charge in [0.2, 0.25) is 0 Å². The van der Waals surface area contributed by atoms with E-state index in [0.29, 0.717) is 5.56 Å². The van der Waals surface area contributed by atoms with Gasteiger partial charge in [-0.1, -0.05) is 163 Å². The minimum atomic E-state index is -0.819. The van der Waals surface area contributed by atoms with E-state index in [1.165, 1.54) is 18.2 Å². The van der Waals surface area contributed by atoms with Gasteiger partial charge >= 0.3 is 0 Å². The Morgan fingerprint density at radius 3 is 1.67 bits per heavy atom. The Morgan fingerprint density at radius 1 is 0.367 bits per heavy atom. The van der Waals surface area contributed by atoms with Crippen molar-refractivity contribution in [3.05, 3.63) is 181 Å². The molecule has 0 aliphatic carbocycles. The van der Waals surface area contributed by atoms with Gasteiger partial charge in [0.15, 0.2) is 0 Å². The molecule has 0 atom stereocenters. The van der Waals surface area contributed by atoms with Gasteiger partial charge in [-0.05, 0) is 83.5 Å². The SMILES string of the molecule is [2H]c1c([2H])c([2H])c(-c2ccc3c(-c4c5c([2H])c([2H])c([2H])c([2H])c5c(-c5ccccc5)c5c([2H])c([2H])c([2H])c([2H])c45)c(-c4c([2H])c([2H])c5c([2H])c([2H])c6c([2H])c([2H])c([2H])c([2H])c6c5c4[2H])oc3c2)c([2H])c1[2H]. The third-order valence-corrected chi connectivity index (χ3v) is 8.46. The lowest BCUT2D eigenvalue weighted by Gasteiger charge is -2.18. The Morgan fingerprint density at radius 2 is 0.959 bits per heavy atom. The number of hydrogen-bond acceptors (Lipinski definition) is 1. The Hall–Kier alpha value is -6.44. The van der Waals surface area contributed by atoms with Crippen molar-refractivity contribution in [1.82, 2.24) is 0 Å². The molecule has 0 amide bonds. The first kappa shape index (κ1) is 13.6. The largest absolute Gasteiger partial charge is 0.455 e. The van der Waals surface area contributed by atoms with Gasteiger partial charge in [0, 0.05) is 22.1 Å². The summed E-state index contributed by atoms with van der Waals surface area (Å²) in [5, 5.41) is -2.86. The average molecular weight is 645 g/mol. The molecule has 49 heavy (non-hydrogen) atoms. The molecule has 1 aromatic heterocycles. The molecule has 1 heteroatoms. The van der Waals surface area contributed by atoms with Gasteiger partial charge in [-0.25, -0.2) is 0 Å². The molecule has 0 N–H and O–H groups in total. The predicted molar refractivity (Wildman–Crippen MR) is 208 cm³/mol. The van der Waals surface area contributed by atoms with E-state index >= 15 is 0 Å². The smallest absolute Gasteiger partial charge is 0.143 e. The highest BCUT2D eigenvalue weighted by Crippen LogP contribution is 2.50. The van der Waals surface area contributed by atoms with Crippen molar-refractivity contribution in [1.29, 1.82) is 0 Å². The molecular formula is C48H30O. The van der Waals surface area contributed by atoms with Crippen LogP contribution in [-0.2, 0) is 0 Å². The fourth-order valence-corrected chi connectivity index (χ4v) is 6.36. The van der Waals surface area contributed by atoms with E-state index in [9.17, 15) is 9.60 Å². The van der Waals surface area contributed by atoms with Gasteiger partial charge in [0.1, 0.15) is 11.3 Å². The van der Waals surface area contributed by atoms with Crippen LogP contribution >= 0.6 is 0 Å². The van der Waals surface area contributed by atoms with Crippen LogP contribution in [0.3, 0.4) is 0 Å². The normalized spacial score (nSPS) is 18.0. The maximum absolute atomic E-state index is 9.92. The molecule has 228 valence electrons. The summed E-state index contributed by atoms with van der Waals surface area (Å²) in [5.41, 5.74) is -1.32. The number of hydrogen-bond donors (Lipinski definition) is 0. The van der Waals surface area contributed by atoms with Crippen LogP contribution in [0.2, 0.25) is 0 Å². The number of fused-ring (bicyclic) bond motifs is 6. The van der Waals surface area contributed by atoms with Crippen LogP contribution in [-0.4, -0.2) is 0 Å². The molecule has 9 aromatic carbocycles. The summed E-state index contributed by atoms with van der Waals surface area (Å²) in [7, 11) is 0. The summed E-state index contributed by atoms with van der Waals surface area (Å²) in [4.78, 5) is 0. The molecule has 0 spiro atoms. The number of rotatable bonds is 4. The quantitative estimate of drug-likeness (QED) is 0.137. The van der Waals surface area contributed by atoms with E-state index < -0.39 is 166 Å². The maximum Gasteiger partial charge on any atom is 0.143 e. The summed E-state index contributed by atoms with van der Waals surface area (Å²) < 4.78 is 204. The summed E-state index contributed by atoms with van der Waals surface area (Å²) in [6, 6.07) is -3.26. The molecule has 1 heterocycles. The zero-order valence-electron chi connectivity index (χ0n) is 47.0. The van der Waals surface area contributed by atoms with Crippen molar-refractivity contribution in [2.75, 3.05) is 0 Å². The zero-order chi connectivity index (χ0) is 51.5. The number of benzene rings is 9. The van der Waals surface area contributed by atoms with E-state index in [1.54, 1.807) is 30.3 Å². The van der Waals surface area contributed by atoms with Gasteiger partial charge in [0.25, 0.3) is 0 Å². The fourth-order valence-electron chi connectivity index (χ4n) is 6.36. The first-order valence-electron chi connectivity index (χ1n) is 26.1. The third-order valence-electron chi connectivity index (χ3n) is 8.46. The molecule has 0 bridgehead atoms. The summed E-state index contributed by atoms with van der Waals surface area (Å²) in [6.07, 6.45) is 0. The van der Waals surface area contributed by atoms with Crippen molar-refractivity contribution in [3.63, 3.8) is 0 Å². The predicted octanol–water partition coefficient (Wildman–Crippen LogP) is 13.7. The lowest BCUT2D eigenvalue weighted by Crippen LogP contribution is -1.91. The molecule has 10 aromatic rings. The minimum absolute atomic E-state index is 0.0000241. The van der Waals surface area contributed by atoms with Crippen LogP contribution in [0.15, 0.2) is 186 Å². The van der Waals surface area contributed by atoms with Crippen LogP contribution < -0.4 is 0 Å². The number of furan rings is 1. The molecule has 0 fully saturated rings. The summed E-state index contributed by atoms with van der Waals surface area (Å²) in [6.45, 7) is 0. The van der Waals surface area contributed by atoms with Crippen molar-refractivity contribution in [2.45, 2.75) is 0 Å². The Balaban J connectivity index is 1.52. The van der Waals surface area contributed by atoms with Crippen molar-refractivity contribution in [2.24, 2.45) is 0 Å². The Kier molecular flexibility index (Phi) is 3.07. The molecule has 0 saturated heterocycles. The highest BCUT2D eigenvalue weighted by Gasteiger charge is 2.24. The molecule has 1 nitrogen and oxygen atoms in total. The van der Waals surface area contributed by atoms with Crippen molar-refractivity contribution < 1.29 is 34.6 Å². The molecule has 10 rings (SSSR count). The van der Waals surface area contributed by atoms with E-state index in [0.717, 1.165) is 0 Å². The maximum atomic E-state index is 9.92. The average Bonchev–Trinajstić information content (AvgIpc) is 3.72. The van der Waals surface area contributed by atoms with E-state index in [2.05, 4.69) is 0 Å². The minimum Gasteiger partial charge on any atom is -0.455 e. The van der Waals surface area contributed by atoms with Crippen LogP contribution in [0.1, 0.15) is 30.2 Å². The second kappa shape index (κ2) is 11.1. The molecular weight excluding hydrogens is 593 g/mol. The van der Waals surface area contributed by atoms with Gasteiger partial charge in [-0.2, -0.15) is 0 Å². The molecule has 0 radical (unpaired) electrons. The first-order valence-corrected chi connectivity index (χ1v) is 15.1. The van der Waals surface area contributed by atoms with Gasteiger partial charge < -0.3 is 4.42 Å². The molecule has 0 aliphatic rings. The molecule has 0 aliphatic heterocycles. The second-order valence-electron chi connectivity index (χ2n) is 11.1. The van der Waals surface area contributed by atoms with E-state index in [4.69, 9.17) is 25.0 Å². The second-order valence-corrected chi connectivity index (χ2v) is 11.1. The monoisotopic (exact) mass is 644 g/mol. The lowest BCUT2D eigenvalue weighted by atomic mass is 9.84. The summed E-state index contributed by atoms with van der Waals surface area (Å²) in [5.74, 6) is -0.533. The third kappa shape index (κ3) is 4.40. The lowest BCUT2D eigenvalue weighted by molar-refractivity contribution is 0.633. The summed E-state index contributed by atoms with van der Waals surface area (Å²) >= 11 is 0. The Bertz CT molecular complexity index is 4020. The van der Waals surface area contributed by atoms with Crippen LogP contribution in [0, 0.1) is 0 Å². The van der Waals surface area contributed by atoms with Crippen LogP contribution in [0.4, 0.5) is 0 Å². The topological polar surface area (TPSA) is 13.1 Å². The van der Waals surface area contributed by atoms with Gasteiger partial charge in [-0.15, -0.1) is 0 Å². The Labute approximate surface area is 315 Å². The fraction of sp³-hybridized carbons (Fsp3) is 0.